The van der Waals surface area contributed by atoms with Crippen molar-refractivity contribution in [1.29, 1.82) is 0 Å². The first kappa shape index (κ1) is 11.5. The van der Waals surface area contributed by atoms with Crippen LogP contribution in [0.4, 0.5) is 4.79 Å². The number of amides is 1. The molecule has 0 aromatic heterocycles. The number of aromatic hydroxyl groups is 2. The Morgan fingerprint density at radius 1 is 1.40 bits per heavy atom. The first-order valence-electron chi connectivity index (χ1n) is 4.12. The van der Waals surface area contributed by atoms with Crippen molar-refractivity contribution >= 4 is 18.5 Å². The fourth-order valence-electron chi connectivity index (χ4n) is 1.37. The number of phenols is 2. The summed E-state index contributed by atoms with van der Waals surface area (Å²) in [6, 6.07) is 3.75. The van der Waals surface area contributed by atoms with Crippen LogP contribution in [0, 0.1) is 0 Å². The van der Waals surface area contributed by atoms with Crippen LogP contribution >= 0.6 is 12.4 Å². The van der Waals surface area contributed by atoms with E-state index in [1.54, 1.807) is 0 Å². The van der Waals surface area contributed by atoms with Crippen LogP contribution in [-0.2, 0) is 4.74 Å². The van der Waals surface area contributed by atoms with Crippen LogP contribution in [0.2, 0.25) is 0 Å². The van der Waals surface area contributed by atoms with Crippen molar-refractivity contribution in [2.45, 2.75) is 6.04 Å². The Balaban J connectivity index is 0.00000112. The predicted molar refractivity (Wildman–Crippen MR) is 54.2 cm³/mol. The molecule has 1 aliphatic rings. The number of ether oxygens (including phenoxy) is 1. The van der Waals surface area contributed by atoms with E-state index in [2.05, 4.69) is 10.1 Å². The SMILES string of the molecule is Cl.O=C1N[C@@H](c2cc(O)ccc2O)CO1. The highest BCUT2D eigenvalue weighted by Crippen LogP contribution is 2.29. The van der Waals surface area contributed by atoms with Crippen LogP contribution in [0.3, 0.4) is 0 Å². The molecular weight excluding hydrogens is 222 g/mol. The zero-order valence-electron chi connectivity index (χ0n) is 7.64. The lowest BCUT2D eigenvalue weighted by Gasteiger charge is -2.09. The minimum absolute atomic E-state index is 0. The number of hydrogen-bond acceptors (Lipinski definition) is 4. The molecule has 0 aliphatic carbocycles. The molecule has 5 nitrogen and oxygen atoms in total. The molecule has 0 unspecified atom stereocenters. The molecule has 1 saturated heterocycles. The third-order valence-corrected chi connectivity index (χ3v) is 2.06. The third kappa shape index (κ3) is 2.24. The topological polar surface area (TPSA) is 78.8 Å². The molecule has 1 aromatic carbocycles. The van der Waals surface area contributed by atoms with E-state index in [1.807, 2.05) is 0 Å². The number of rotatable bonds is 1. The first-order valence-corrected chi connectivity index (χ1v) is 4.12. The van der Waals surface area contributed by atoms with E-state index in [0.29, 0.717) is 5.56 Å². The van der Waals surface area contributed by atoms with Crippen LogP contribution in [0.5, 0.6) is 11.5 Å². The molecule has 0 spiro atoms. The molecule has 2 rings (SSSR count). The van der Waals surface area contributed by atoms with Crippen LogP contribution < -0.4 is 5.32 Å². The second-order valence-corrected chi connectivity index (χ2v) is 3.04. The van der Waals surface area contributed by atoms with Crippen molar-refractivity contribution in [3.63, 3.8) is 0 Å². The summed E-state index contributed by atoms with van der Waals surface area (Å²) in [6.07, 6.45) is -0.516. The van der Waals surface area contributed by atoms with Gasteiger partial charge in [0.25, 0.3) is 0 Å². The molecule has 1 amide bonds. The van der Waals surface area contributed by atoms with Gasteiger partial charge in [-0.15, -0.1) is 12.4 Å². The molecular formula is C9H10ClNO4. The van der Waals surface area contributed by atoms with Crippen molar-refractivity contribution < 1.29 is 19.7 Å². The Morgan fingerprint density at radius 2 is 2.13 bits per heavy atom. The van der Waals surface area contributed by atoms with Gasteiger partial charge in [-0.25, -0.2) is 4.79 Å². The summed E-state index contributed by atoms with van der Waals surface area (Å²) in [5, 5.41) is 21.2. The molecule has 0 bridgehead atoms. The standard InChI is InChI=1S/C9H9NO4.ClH/c11-5-1-2-8(12)6(3-5)7-4-14-9(13)10-7;/h1-3,7,11-12H,4H2,(H,10,13);1H/t7-;/m1./s1. The van der Waals surface area contributed by atoms with Gasteiger partial charge < -0.3 is 20.3 Å². The summed E-state index contributed by atoms with van der Waals surface area (Å²) >= 11 is 0. The van der Waals surface area contributed by atoms with Crippen LogP contribution in [0.15, 0.2) is 18.2 Å². The van der Waals surface area contributed by atoms with E-state index < -0.39 is 12.1 Å². The molecule has 6 heteroatoms. The second-order valence-electron chi connectivity index (χ2n) is 3.04. The van der Waals surface area contributed by atoms with Crippen molar-refractivity contribution in [2.24, 2.45) is 0 Å². The monoisotopic (exact) mass is 231 g/mol. The van der Waals surface area contributed by atoms with Gasteiger partial charge in [-0.05, 0) is 18.2 Å². The summed E-state index contributed by atoms with van der Waals surface area (Å²) in [5.41, 5.74) is 0.454. The average molecular weight is 232 g/mol. The van der Waals surface area contributed by atoms with Gasteiger partial charge in [0.1, 0.15) is 18.1 Å². The molecule has 0 saturated carbocycles. The summed E-state index contributed by atoms with van der Waals surface area (Å²) in [6.45, 7) is 0.163. The van der Waals surface area contributed by atoms with E-state index in [1.165, 1.54) is 18.2 Å². The zero-order chi connectivity index (χ0) is 10.1. The molecule has 1 atom stereocenters. The normalized spacial score (nSPS) is 18.9. The van der Waals surface area contributed by atoms with Gasteiger partial charge >= 0.3 is 6.09 Å². The number of benzene rings is 1. The van der Waals surface area contributed by atoms with Crippen molar-refractivity contribution in [3.05, 3.63) is 23.8 Å². The number of alkyl carbamates (subject to hydrolysis) is 1. The van der Waals surface area contributed by atoms with Crippen LogP contribution in [0.25, 0.3) is 0 Å². The van der Waals surface area contributed by atoms with Gasteiger partial charge in [0, 0.05) is 5.56 Å². The molecule has 1 heterocycles. The summed E-state index contributed by atoms with van der Waals surface area (Å²) in [4.78, 5) is 10.7. The van der Waals surface area contributed by atoms with Crippen LogP contribution in [-0.4, -0.2) is 22.9 Å². The van der Waals surface area contributed by atoms with Gasteiger partial charge in [-0.1, -0.05) is 0 Å². The zero-order valence-corrected chi connectivity index (χ0v) is 8.45. The molecule has 1 aliphatic heterocycles. The van der Waals surface area contributed by atoms with Crippen molar-refractivity contribution in [2.75, 3.05) is 6.61 Å². The fourth-order valence-corrected chi connectivity index (χ4v) is 1.37. The number of cyclic esters (lactones) is 1. The lowest BCUT2D eigenvalue weighted by Crippen LogP contribution is -2.18. The van der Waals surface area contributed by atoms with Gasteiger partial charge in [0.15, 0.2) is 0 Å². The van der Waals surface area contributed by atoms with Crippen LogP contribution in [0.1, 0.15) is 11.6 Å². The molecule has 1 aromatic rings. The fraction of sp³-hybridized carbons (Fsp3) is 0.222. The Hall–Kier alpha value is -1.62. The third-order valence-electron chi connectivity index (χ3n) is 2.06. The number of carbonyl (C=O) groups excluding carboxylic acids is 1. The average Bonchev–Trinajstić information content (AvgIpc) is 2.56. The number of carbonyl (C=O) groups is 1. The summed E-state index contributed by atoms with van der Waals surface area (Å²) < 4.78 is 4.67. The summed E-state index contributed by atoms with van der Waals surface area (Å²) in [7, 11) is 0. The van der Waals surface area contributed by atoms with Gasteiger partial charge in [-0.3, -0.25) is 0 Å². The predicted octanol–water partition coefficient (Wildman–Crippen LogP) is 1.30. The second kappa shape index (κ2) is 4.27. The quantitative estimate of drug-likeness (QED) is 0.637. The molecule has 3 N–H and O–H groups in total. The van der Waals surface area contributed by atoms with E-state index in [4.69, 9.17) is 0 Å². The number of nitrogens with one attached hydrogen (secondary N) is 1. The lowest BCUT2D eigenvalue weighted by atomic mass is 10.1. The van der Waals surface area contributed by atoms with E-state index in [9.17, 15) is 15.0 Å². The van der Waals surface area contributed by atoms with E-state index in [-0.39, 0.29) is 30.5 Å². The lowest BCUT2D eigenvalue weighted by molar-refractivity contribution is 0.177. The highest BCUT2D eigenvalue weighted by atomic mass is 35.5. The van der Waals surface area contributed by atoms with E-state index in [0.717, 1.165) is 0 Å². The highest BCUT2D eigenvalue weighted by Gasteiger charge is 2.26. The van der Waals surface area contributed by atoms with Gasteiger partial charge in [0.2, 0.25) is 0 Å². The maximum Gasteiger partial charge on any atom is 0.407 e. The molecule has 82 valence electrons. The minimum atomic E-state index is -0.516. The van der Waals surface area contributed by atoms with Gasteiger partial charge in [-0.2, -0.15) is 0 Å². The molecule has 0 radical (unpaired) electrons. The minimum Gasteiger partial charge on any atom is -0.508 e. The van der Waals surface area contributed by atoms with Crippen molar-refractivity contribution in [1.82, 2.24) is 5.32 Å². The Morgan fingerprint density at radius 3 is 2.73 bits per heavy atom. The number of phenolic OH excluding ortho intramolecular Hbond substituents is 2. The number of hydrogen-bond donors (Lipinski definition) is 3. The Bertz CT molecular complexity index is 382. The summed E-state index contributed by atoms with van der Waals surface area (Å²) in [5.74, 6) is 0.0672. The molecule has 1 fully saturated rings. The first-order chi connectivity index (χ1) is 6.66. The van der Waals surface area contributed by atoms with E-state index >= 15 is 0 Å². The molecule has 15 heavy (non-hydrogen) atoms. The highest BCUT2D eigenvalue weighted by molar-refractivity contribution is 5.85. The Labute approximate surface area is 92.1 Å². The smallest absolute Gasteiger partial charge is 0.407 e. The van der Waals surface area contributed by atoms with Gasteiger partial charge in [0.05, 0.1) is 6.04 Å². The number of halogens is 1. The van der Waals surface area contributed by atoms with Crippen molar-refractivity contribution in [3.8, 4) is 11.5 Å². The largest absolute Gasteiger partial charge is 0.508 e. The maximum atomic E-state index is 10.7. The Kier molecular flexibility index (Phi) is 3.26. The maximum absolute atomic E-state index is 10.7.